The second-order valence-corrected chi connectivity index (χ2v) is 15.6. The highest BCUT2D eigenvalue weighted by Gasteiger charge is 2.26. The van der Waals surface area contributed by atoms with Crippen molar-refractivity contribution in [3.05, 3.63) is 131 Å². The lowest BCUT2D eigenvalue weighted by Crippen LogP contribution is -2.42. The van der Waals surface area contributed by atoms with E-state index in [4.69, 9.17) is 5.73 Å². The zero-order valence-electron chi connectivity index (χ0n) is 28.6. The van der Waals surface area contributed by atoms with E-state index in [1.807, 2.05) is 26.0 Å². The van der Waals surface area contributed by atoms with E-state index in [0.29, 0.717) is 6.04 Å². The summed E-state index contributed by atoms with van der Waals surface area (Å²) >= 11 is 0. The van der Waals surface area contributed by atoms with Gasteiger partial charge < -0.3 is 21.3 Å². The number of sulfonamides is 2. The molecule has 0 spiro atoms. The quantitative estimate of drug-likeness (QED) is 0.125. The fourth-order valence-electron chi connectivity index (χ4n) is 4.88. The molecule has 0 aromatic heterocycles. The van der Waals surface area contributed by atoms with Gasteiger partial charge in [0.2, 0.25) is 20.0 Å². The predicted octanol–water partition coefficient (Wildman–Crippen LogP) is 3.64. The summed E-state index contributed by atoms with van der Waals surface area (Å²) in [5, 5.41) is 21.7. The fourth-order valence-corrected chi connectivity index (χ4v) is 7.26. The van der Waals surface area contributed by atoms with Gasteiger partial charge in [-0.25, -0.2) is 16.8 Å². The van der Waals surface area contributed by atoms with Crippen molar-refractivity contribution in [1.82, 2.24) is 14.8 Å². The monoisotopic (exact) mass is 738 g/mol. The van der Waals surface area contributed by atoms with E-state index in [9.17, 15) is 36.6 Å². The summed E-state index contributed by atoms with van der Waals surface area (Å²) < 4.78 is 53.6. The molecule has 0 bridgehead atoms. The minimum Gasteiger partial charge on any atom is -0.480 e. The third-order valence-corrected chi connectivity index (χ3v) is 10.7. The van der Waals surface area contributed by atoms with Gasteiger partial charge >= 0.3 is 11.9 Å². The maximum absolute atomic E-state index is 12.3. The predicted molar refractivity (Wildman–Crippen MR) is 196 cm³/mol. The largest absolute Gasteiger partial charge is 0.480 e. The van der Waals surface area contributed by atoms with Crippen molar-refractivity contribution >= 4 is 32.0 Å². The van der Waals surface area contributed by atoms with Crippen LogP contribution in [-0.4, -0.2) is 70.2 Å². The highest BCUT2D eigenvalue weighted by atomic mass is 32.2. The summed E-state index contributed by atoms with van der Waals surface area (Å²) in [7, 11) is -7.74. The molecular formula is C37H46N4O8S2. The summed E-state index contributed by atoms with van der Waals surface area (Å²) in [5.41, 5.74) is 8.93. The van der Waals surface area contributed by atoms with Crippen molar-refractivity contribution in [2.45, 2.75) is 67.4 Å². The molecule has 1 aliphatic heterocycles. The molecule has 0 saturated carbocycles. The van der Waals surface area contributed by atoms with Gasteiger partial charge in [0.15, 0.2) is 0 Å². The number of carbonyl (C=O) groups is 2. The maximum Gasteiger partial charge on any atom is 0.322 e. The van der Waals surface area contributed by atoms with Crippen LogP contribution in [0.15, 0.2) is 119 Å². The van der Waals surface area contributed by atoms with Crippen molar-refractivity contribution in [2.75, 3.05) is 13.1 Å². The Morgan fingerprint density at radius 1 is 0.686 bits per heavy atom. The molecule has 12 nitrogen and oxygen atoms in total. The Balaban J connectivity index is 0.000000231. The van der Waals surface area contributed by atoms with E-state index in [0.717, 1.165) is 35.3 Å². The summed E-state index contributed by atoms with van der Waals surface area (Å²) in [4.78, 5) is 22.8. The number of nitrogens with two attached hydrogens (primary N) is 1. The van der Waals surface area contributed by atoms with Gasteiger partial charge in [0, 0.05) is 12.6 Å². The van der Waals surface area contributed by atoms with Gasteiger partial charge in [-0.3, -0.25) is 9.59 Å². The van der Waals surface area contributed by atoms with E-state index >= 15 is 0 Å². The zero-order chi connectivity index (χ0) is 37.4. The number of hydrogen-bond donors (Lipinski definition) is 6. The standard InChI is InChI=1S/2C16H17NO4S.C5H12N2/c2*1-12-7-9-14(10-8-12)22(20,21)17-15(16(18)19)11-13-5-3-2-4-6-13;6-5-2-1-3-7-4-5/h2*2-10,15,17H,11H2,1H3,(H,18,19);5,7H,1-4,6H2/t2*15-;5-/m000/s1. The van der Waals surface area contributed by atoms with Gasteiger partial charge in [-0.1, -0.05) is 96.1 Å². The third kappa shape index (κ3) is 14.4. The molecule has 1 heterocycles. The first-order chi connectivity index (χ1) is 24.2. The lowest BCUT2D eigenvalue weighted by molar-refractivity contribution is -0.139. The molecule has 0 aliphatic carbocycles. The van der Waals surface area contributed by atoms with E-state index < -0.39 is 44.1 Å². The van der Waals surface area contributed by atoms with Crippen molar-refractivity contribution in [2.24, 2.45) is 5.73 Å². The van der Waals surface area contributed by atoms with E-state index in [1.54, 1.807) is 72.8 Å². The van der Waals surface area contributed by atoms with Gasteiger partial charge in [0.1, 0.15) is 12.1 Å². The van der Waals surface area contributed by atoms with Crippen molar-refractivity contribution in [3.63, 3.8) is 0 Å². The van der Waals surface area contributed by atoms with Gasteiger partial charge in [-0.05, 0) is 81.5 Å². The third-order valence-electron chi connectivity index (χ3n) is 7.75. The van der Waals surface area contributed by atoms with Gasteiger partial charge in [0.25, 0.3) is 0 Å². The SMILES string of the molecule is Cc1ccc(S(=O)(=O)N[C@@H](Cc2ccccc2)C(=O)O)cc1.Cc1ccc(S(=O)(=O)N[C@@H](Cc2ccccc2)C(=O)O)cc1.N[C@H]1CCCNC1. The average molecular weight is 739 g/mol. The highest BCUT2D eigenvalue weighted by molar-refractivity contribution is 7.89. The topological polar surface area (TPSA) is 205 Å². The number of rotatable bonds is 12. The van der Waals surface area contributed by atoms with Crippen molar-refractivity contribution in [3.8, 4) is 0 Å². The molecule has 14 heteroatoms. The molecule has 1 aliphatic rings. The number of carboxylic acid groups (broad SMARTS) is 2. The normalized spacial score (nSPS) is 15.5. The molecule has 274 valence electrons. The number of benzene rings is 4. The van der Waals surface area contributed by atoms with Crippen LogP contribution in [0.3, 0.4) is 0 Å². The van der Waals surface area contributed by atoms with Gasteiger partial charge in [0.05, 0.1) is 9.79 Å². The molecule has 1 fully saturated rings. The minimum atomic E-state index is -3.87. The van der Waals surface area contributed by atoms with Crippen LogP contribution in [-0.2, 0) is 42.5 Å². The first-order valence-corrected chi connectivity index (χ1v) is 19.3. The van der Waals surface area contributed by atoms with Gasteiger partial charge in [-0.15, -0.1) is 0 Å². The first kappa shape index (κ1) is 41.0. The van der Waals surface area contributed by atoms with Crippen LogP contribution in [0, 0.1) is 13.8 Å². The Labute approximate surface area is 300 Å². The van der Waals surface area contributed by atoms with Crippen LogP contribution in [0.25, 0.3) is 0 Å². The van der Waals surface area contributed by atoms with Crippen LogP contribution >= 0.6 is 0 Å². The average Bonchev–Trinajstić information content (AvgIpc) is 3.10. The van der Waals surface area contributed by atoms with E-state index in [-0.39, 0.29) is 22.6 Å². The van der Waals surface area contributed by atoms with E-state index in [2.05, 4.69) is 14.8 Å². The number of aryl methyl sites for hydroxylation is 2. The van der Waals surface area contributed by atoms with Crippen molar-refractivity contribution < 1.29 is 36.6 Å². The summed E-state index contributed by atoms with van der Waals surface area (Å²) in [5.74, 6) is -2.42. The number of hydrogen-bond acceptors (Lipinski definition) is 8. The molecule has 1 saturated heterocycles. The molecular weight excluding hydrogens is 693 g/mol. The summed E-state index contributed by atoms with van der Waals surface area (Å²) in [6, 6.07) is 28.3. The molecule has 4 aromatic carbocycles. The van der Waals surface area contributed by atoms with Crippen LogP contribution < -0.4 is 20.5 Å². The second kappa shape index (κ2) is 19.8. The van der Waals surface area contributed by atoms with Gasteiger partial charge in [-0.2, -0.15) is 9.44 Å². The van der Waals surface area contributed by atoms with Crippen LogP contribution in [0.2, 0.25) is 0 Å². The maximum atomic E-state index is 12.3. The second-order valence-electron chi connectivity index (χ2n) is 12.1. The minimum absolute atomic E-state index is 0.0532. The van der Waals surface area contributed by atoms with Crippen LogP contribution in [0.5, 0.6) is 0 Å². The lowest BCUT2D eigenvalue weighted by Gasteiger charge is -2.17. The van der Waals surface area contributed by atoms with Crippen LogP contribution in [0.4, 0.5) is 0 Å². The first-order valence-electron chi connectivity index (χ1n) is 16.3. The summed E-state index contributed by atoms with van der Waals surface area (Å²) in [6.07, 6.45) is 2.62. The molecule has 0 radical (unpaired) electrons. The van der Waals surface area contributed by atoms with Crippen molar-refractivity contribution in [1.29, 1.82) is 0 Å². The lowest BCUT2D eigenvalue weighted by atomic mass is 10.1. The molecule has 7 N–H and O–H groups in total. The molecule has 51 heavy (non-hydrogen) atoms. The Morgan fingerprint density at radius 2 is 1.06 bits per heavy atom. The number of carboxylic acids is 2. The Hall–Kier alpha value is -4.44. The number of aliphatic carboxylic acids is 2. The summed E-state index contributed by atoms with van der Waals surface area (Å²) in [6.45, 7) is 5.87. The molecule has 3 atom stereocenters. The fraction of sp³-hybridized carbons (Fsp3) is 0.297. The number of nitrogens with one attached hydrogen (secondary N) is 3. The van der Waals surface area contributed by atoms with Crippen LogP contribution in [0.1, 0.15) is 35.1 Å². The Kier molecular flexibility index (Phi) is 15.9. The molecule has 4 aromatic rings. The smallest absolute Gasteiger partial charge is 0.322 e. The Morgan fingerprint density at radius 3 is 1.33 bits per heavy atom. The Bertz CT molecular complexity index is 1750. The highest BCUT2D eigenvalue weighted by Crippen LogP contribution is 2.14. The number of piperidine rings is 1. The molecule has 0 unspecified atom stereocenters. The molecule has 5 rings (SSSR count). The molecule has 0 amide bonds. The van der Waals surface area contributed by atoms with E-state index in [1.165, 1.54) is 37.1 Å². The zero-order valence-corrected chi connectivity index (χ0v) is 30.2.